The van der Waals surface area contributed by atoms with Crippen molar-refractivity contribution in [3.63, 3.8) is 0 Å². The number of aromatic amines is 1. The lowest BCUT2D eigenvalue weighted by molar-refractivity contribution is -0.145. The van der Waals surface area contributed by atoms with E-state index in [0.717, 1.165) is 0 Å². The number of nitrogen functional groups attached to an aromatic ring is 2. The second-order valence-corrected chi connectivity index (χ2v) is 14.9. The van der Waals surface area contributed by atoms with E-state index in [1.807, 2.05) is 0 Å². The largest absolute Gasteiger partial charge is 0.480 e. The van der Waals surface area contributed by atoms with Crippen molar-refractivity contribution in [3.8, 4) is 0 Å². The number of carboxylic acid groups (broad SMARTS) is 1. The molecule has 0 aliphatic carbocycles. The van der Waals surface area contributed by atoms with Crippen molar-refractivity contribution in [2.24, 2.45) is 4.99 Å². The standard InChI is InChI=1S/C27H36N12O9S/c1-27(2)18(34-15-20(37-27)35-26(29)36-22(15)42)23(43)33-11-3-4-38(12(7-11)25(44)45)5-6-49(46,47)8-13-16(40)17(41)24(48-13)39-10-32-14-19(28)30-9-31-21(14)39/h9-13,16-17,24,40-41H,3-8H2,1-2H3,(H,33,43)(H,44,45)(H2,28,30,31)(H4,29,35,36,37,42)/t11?,12?,13-,16?,17?,24-/m1/s1. The molecule has 10 N–H and O–H groups in total. The summed E-state index contributed by atoms with van der Waals surface area (Å²) in [7, 11) is -3.94. The van der Waals surface area contributed by atoms with E-state index in [2.05, 4.69) is 40.5 Å². The maximum Gasteiger partial charge on any atom is 0.320 e. The van der Waals surface area contributed by atoms with Crippen LogP contribution in [0, 0.1) is 0 Å². The first-order valence-electron chi connectivity index (χ1n) is 15.2. The number of imidazole rings is 1. The summed E-state index contributed by atoms with van der Waals surface area (Å²) in [5.41, 5.74) is 10.1. The number of sulfone groups is 1. The van der Waals surface area contributed by atoms with Crippen molar-refractivity contribution in [2.45, 2.75) is 68.9 Å². The van der Waals surface area contributed by atoms with Gasteiger partial charge < -0.3 is 42.2 Å². The van der Waals surface area contributed by atoms with Gasteiger partial charge in [-0.1, -0.05) is 0 Å². The molecule has 0 radical (unpaired) electrons. The van der Waals surface area contributed by atoms with E-state index < -0.39 is 80.9 Å². The molecule has 21 nitrogen and oxygen atoms in total. The Hall–Kier alpha value is -4.77. The molecule has 6 heterocycles. The molecule has 3 aromatic heterocycles. The second kappa shape index (κ2) is 12.6. The average Bonchev–Trinajstić information content (AvgIpc) is 3.56. The van der Waals surface area contributed by atoms with E-state index in [1.54, 1.807) is 13.8 Å². The highest BCUT2D eigenvalue weighted by Crippen LogP contribution is 2.33. The van der Waals surface area contributed by atoms with Gasteiger partial charge in [0.1, 0.15) is 41.9 Å². The summed E-state index contributed by atoms with van der Waals surface area (Å²) in [5.74, 6) is -2.82. The maximum atomic E-state index is 13.3. The molecule has 4 unspecified atom stereocenters. The van der Waals surface area contributed by atoms with Crippen molar-refractivity contribution < 1.29 is 38.1 Å². The van der Waals surface area contributed by atoms with E-state index in [9.17, 15) is 38.1 Å². The minimum atomic E-state index is -3.94. The highest BCUT2D eigenvalue weighted by Gasteiger charge is 2.46. The van der Waals surface area contributed by atoms with Gasteiger partial charge in [0.25, 0.3) is 11.5 Å². The zero-order chi connectivity index (χ0) is 35.4. The maximum absolute atomic E-state index is 13.3. The van der Waals surface area contributed by atoms with Crippen LogP contribution in [0.25, 0.3) is 11.2 Å². The van der Waals surface area contributed by atoms with Crippen LogP contribution >= 0.6 is 0 Å². The lowest BCUT2D eigenvalue weighted by Crippen LogP contribution is -2.57. The SMILES string of the molecule is CC1(C)Nc2nc(N)[nH]c(=O)c2N=C1C(=O)NC1CCN(CCS(=O)(=O)C[C@H]2O[C@@H](n3cnc4c(N)ncnc43)C(O)C2O)C(C(=O)O)C1. The van der Waals surface area contributed by atoms with Crippen LogP contribution in [0.2, 0.25) is 0 Å². The number of nitrogens with zero attached hydrogens (tertiary/aromatic N) is 7. The fourth-order valence-corrected chi connectivity index (χ4v) is 7.74. The van der Waals surface area contributed by atoms with Crippen LogP contribution in [0.4, 0.5) is 23.3 Å². The van der Waals surface area contributed by atoms with Gasteiger partial charge in [0.2, 0.25) is 5.95 Å². The number of carbonyl (C=O) groups excluding carboxylic acids is 1. The molecule has 0 bridgehead atoms. The van der Waals surface area contributed by atoms with E-state index >= 15 is 0 Å². The number of rotatable bonds is 9. The first-order valence-corrected chi connectivity index (χ1v) is 17.1. The third-order valence-electron chi connectivity index (χ3n) is 8.81. The molecule has 3 aromatic rings. The van der Waals surface area contributed by atoms with Gasteiger partial charge in [-0.15, -0.1) is 0 Å². The van der Waals surface area contributed by atoms with Crippen molar-refractivity contribution in [2.75, 3.05) is 41.4 Å². The number of nitrogens with one attached hydrogen (secondary N) is 3. The Labute approximate surface area is 277 Å². The number of H-pyrrole nitrogens is 1. The average molecular weight is 705 g/mol. The van der Waals surface area contributed by atoms with E-state index in [1.165, 1.54) is 22.1 Å². The number of aromatic nitrogens is 6. The van der Waals surface area contributed by atoms with Crippen LogP contribution in [0.1, 0.15) is 32.9 Å². The summed E-state index contributed by atoms with van der Waals surface area (Å²) in [6, 6.07) is -1.71. The minimum absolute atomic E-state index is 0.0141. The highest BCUT2D eigenvalue weighted by atomic mass is 32.2. The summed E-state index contributed by atoms with van der Waals surface area (Å²) in [4.78, 5) is 62.1. The van der Waals surface area contributed by atoms with Crippen LogP contribution in [-0.2, 0) is 24.2 Å². The number of hydrogen-bond acceptors (Lipinski definition) is 17. The number of likely N-dealkylation sites (tertiary alicyclic amines) is 1. The lowest BCUT2D eigenvalue weighted by atomic mass is 9.93. The summed E-state index contributed by atoms with van der Waals surface area (Å²) in [5, 5.41) is 37.1. The van der Waals surface area contributed by atoms with Crippen molar-refractivity contribution >= 4 is 61.9 Å². The van der Waals surface area contributed by atoms with Gasteiger partial charge in [-0.2, -0.15) is 4.98 Å². The molecule has 2 saturated heterocycles. The number of nitrogens with two attached hydrogens (primary N) is 2. The summed E-state index contributed by atoms with van der Waals surface area (Å²) in [6.45, 7) is 3.34. The molecule has 1 amide bonds. The van der Waals surface area contributed by atoms with Gasteiger partial charge >= 0.3 is 5.97 Å². The van der Waals surface area contributed by atoms with Gasteiger partial charge in [0.15, 0.2) is 39.0 Å². The van der Waals surface area contributed by atoms with Gasteiger partial charge in [0, 0.05) is 19.1 Å². The molecular weight excluding hydrogens is 668 g/mol. The van der Waals surface area contributed by atoms with Crippen molar-refractivity contribution in [3.05, 3.63) is 23.0 Å². The number of anilines is 3. The number of aliphatic imine (C=N–C) groups is 1. The van der Waals surface area contributed by atoms with Gasteiger partial charge in [-0.3, -0.25) is 28.8 Å². The molecule has 0 spiro atoms. The van der Waals surface area contributed by atoms with Crippen LogP contribution in [0.15, 0.2) is 22.4 Å². The van der Waals surface area contributed by atoms with Gasteiger partial charge in [0.05, 0.1) is 23.4 Å². The molecule has 3 aliphatic rings. The molecular formula is C27H36N12O9S. The number of carbonyl (C=O) groups is 2. The second-order valence-electron chi connectivity index (χ2n) is 12.7. The summed E-state index contributed by atoms with van der Waals surface area (Å²) in [6.07, 6.45) is -2.80. The Morgan fingerprint density at radius 1 is 1.18 bits per heavy atom. The zero-order valence-corrected chi connectivity index (χ0v) is 27.2. The summed E-state index contributed by atoms with van der Waals surface area (Å²) >= 11 is 0. The molecule has 49 heavy (non-hydrogen) atoms. The fraction of sp³-hybridized carbons (Fsp3) is 0.556. The molecule has 0 aromatic carbocycles. The number of hydrogen-bond donors (Lipinski definition) is 8. The Morgan fingerprint density at radius 3 is 2.67 bits per heavy atom. The number of fused-ring (bicyclic) bond motifs is 2. The number of aliphatic hydroxyl groups is 2. The van der Waals surface area contributed by atoms with Crippen LogP contribution in [0.5, 0.6) is 0 Å². The minimum Gasteiger partial charge on any atom is -0.480 e. The molecule has 264 valence electrons. The normalized spacial score (nSPS) is 26.9. The topological polar surface area (TPSA) is 319 Å². The first-order chi connectivity index (χ1) is 23.0. The third-order valence-corrected chi connectivity index (χ3v) is 10.5. The monoisotopic (exact) mass is 704 g/mol. The number of piperidine rings is 1. The fourth-order valence-electron chi connectivity index (χ4n) is 6.28. The number of amides is 1. The molecule has 6 atom stereocenters. The third kappa shape index (κ3) is 6.64. The van der Waals surface area contributed by atoms with Crippen molar-refractivity contribution in [1.29, 1.82) is 0 Å². The quantitative estimate of drug-likeness (QED) is 0.111. The molecule has 2 fully saturated rings. The predicted octanol–water partition coefficient (Wildman–Crippen LogP) is -2.88. The lowest BCUT2D eigenvalue weighted by Gasteiger charge is -2.38. The van der Waals surface area contributed by atoms with E-state index in [-0.39, 0.29) is 59.7 Å². The van der Waals surface area contributed by atoms with E-state index in [0.29, 0.717) is 6.42 Å². The Morgan fingerprint density at radius 2 is 1.94 bits per heavy atom. The highest BCUT2D eigenvalue weighted by molar-refractivity contribution is 7.91. The Kier molecular flexibility index (Phi) is 8.77. The van der Waals surface area contributed by atoms with Gasteiger partial charge in [-0.25, -0.2) is 28.4 Å². The smallest absolute Gasteiger partial charge is 0.320 e. The molecule has 22 heteroatoms. The number of ether oxygens (including phenoxy) is 1. The number of aliphatic carboxylic acids is 1. The molecule has 0 saturated carbocycles. The predicted molar refractivity (Wildman–Crippen MR) is 173 cm³/mol. The van der Waals surface area contributed by atoms with Crippen molar-refractivity contribution in [1.82, 2.24) is 39.7 Å². The van der Waals surface area contributed by atoms with Crippen LogP contribution in [0.3, 0.4) is 0 Å². The van der Waals surface area contributed by atoms with E-state index in [4.69, 9.17) is 16.2 Å². The zero-order valence-electron chi connectivity index (χ0n) is 26.3. The number of carboxylic acids is 1. The number of aliphatic hydroxyl groups excluding tert-OH is 2. The Balaban J connectivity index is 1.07. The van der Waals surface area contributed by atoms with Gasteiger partial charge in [-0.05, 0) is 26.7 Å². The molecule has 6 rings (SSSR count). The molecule has 3 aliphatic heterocycles. The summed E-state index contributed by atoms with van der Waals surface area (Å²) < 4.78 is 33.4. The van der Waals surface area contributed by atoms with Crippen LogP contribution < -0.4 is 27.7 Å². The first kappa shape index (κ1) is 34.1. The van der Waals surface area contributed by atoms with Crippen LogP contribution in [-0.4, -0.2) is 136 Å². The Bertz CT molecular complexity index is 2000.